The van der Waals surface area contributed by atoms with Gasteiger partial charge in [-0.05, 0) is 24.6 Å². The van der Waals surface area contributed by atoms with Crippen LogP contribution >= 0.6 is 0 Å². The number of aldehydes is 1. The van der Waals surface area contributed by atoms with Crippen LogP contribution in [-0.2, 0) is 6.18 Å². The Kier molecular flexibility index (Phi) is 4.15. The maximum Gasteiger partial charge on any atom is 0.418 e. The molecule has 2 nitrogen and oxygen atoms in total. The summed E-state index contributed by atoms with van der Waals surface area (Å²) in [5, 5.41) is 0. The molecule has 0 spiro atoms. The molecule has 0 saturated heterocycles. The van der Waals surface area contributed by atoms with Crippen molar-refractivity contribution in [2.75, 3.05) is 18.5 Å². The van der Waals surface area contributed by atoms with Gasteiger partial charge in [0.15, 0.2) is 0 Å². The molecule has 0 heterocycles. The van der Waals surface area contributed by atoms with Crippen molar-refractivity contribution >= 4 is 12.0 Å². The van der Waals surface area contributed by atoms with Crippen molar-refractivity contribution in [1.29, 1.82) is 0 Å². The Morgan fingerprint density at radius 2 is 2.00 bits per heavy atom. The first-order valence-electron chi connectivity index (χ1n) is 5.27. The van der Waals surface area contributed by atoms with Crippen LogP contribution in [-0.4, -0.2) is 19.9 Å². The minimum Gasteiger partial charge on any atom is -0.374 e. The summed E-state index contributed by atoms with van der Waals surface area (Å²) < 4.78 is 38.5. The summed E-state index contributed by atoms with van der Waals surface area (Å²) in [4.78, 5) is 12.1. The largest absolute Gasteiger partial charge is 0.418 e. The van der Waals surface area contributed by atoms with Crippen LogP contribution < -0.4 is 4.90 Å². The molecule has 0 atom stereocenters. The Morgan fingerprint density at radius 3 is 2.47 bits per heavy atom. The topological polar surface area (TPSA) is 20.3 Å². The van der Waals surface area contributed by atoms with Crippen LogP contribution in [0.25, 0.3) is 0 Å². The first-order chi connectivity index (χ1) is 7.90. The first kappa shape index (κ1) is 13.5. The van der Waals surface area contributed by atoms with Gasteiger partial charge in [-0.15, -0.1) is 0 Å². The second-order valence-corrected chi connectivity index (χ2v) is 3.81. The van der Waals surface area contributed by atoms with Gasteiger partial charge in [0.05, 0.1) is 5.56 Å². The molecule has 5 heteroatoms. The summed E-state index contributed by atoms with van der Waals surface area (Å²) in [6.45, 7) is 2.42. The van der Waals surface area contributed by atoms with E-state index in [0.717, 1.165) is 12.5 Å². The van der Waals surface area contributed by atoms with Gasteiger partial charge in [0.25, 0.3) is 0 Å². The lowest BCUT2D eigenvalue weighted by molar-refractivity contribution is -0.137. The standard InChI is InChI=1S/C12H14F3NO/c1-3-6-16(2)11-5-4-9(8-17)7-10(11)12(13,14)15/h4-5,7-8H,3,6H2,1-2H3. The Hall–Kier alpha value is -1.52. The lowest BCUT2D eigenvalue weighted by Crippen LogP contribution is -2.22. The highest BCUT2D eigenvalue weighted by atomic mass is 19.4. The van der Waals surface area contributed by atoms with Gasteiger partial charge >= 0.3 is 6.18 Å². The molecule has 0 radical (unpaired) electrons. The molecule has 0 fully saturated rings. The van der Waals surface area contributed by atoms with E-state index in [2.05, 4.69) is 0 Å². The van der Waals surface area contributed by atoms with Gasteiger partial charge in [-0.3, -0.25) is 4.79 Å². The minimum atomic E-state index is -4.45. The van der Waals surface area contributed by atoms with E-state index in [1.54, 1.807) is 7.05 Å². The highest BCUT2D eigenvalue weighted by Crippen LogP contribution is 2.36. The van der Waals surface area contributed by atoms with E-state index in [9.17, 15) is 18.0 Å². The predicted octanol–water partition coefficient (Wildman–Crippen LogP) is 3.36. The van der Waals surface area contributed by atoms with Gasteiger partial charge in [-0.1, -0.05) is 6.92 Å². The number of carbonyl (C=O) groups is 1. The molecule has 1 aromatic rings. The zero-order valence-corrected chi connectivity index (χ0v) is 9.71. The van der Waals surface area contributed by atoms with Crippen LogP contribution in [0.15, 0.2) is 18.2 Å². The summed E-state index contributed by atoms with van der Waals surface area (Å²) >= 11 is 0. The van der Waals surface area contributed by atoms with Crippen molar-refractivity contribution in [2.45, 2.75) is 19.5 Å². The van der Waals surface area contributed by atoms with E-state index in [4.69, 9.17) is 0 Å². The fraction of sp³-hybridized carbons (Fsp3) is 0.417. The number of alkyl halides is 3. The van der Waals surface area contributed by atoms with Crippen LogP contribution in [0.5, 0.6) is 0 Å². The lowest BCUT2D eigenvalue weighted by atomic mass is 10.1. The molecule has 0 amide bonds. The number of carbonyl (C=O) groups excluding carboxylic acids is 1. The number of benzene rings is 1. The number of hydrogen-bond acceptors (Lipinski definition) is 2. The van der Waals surface area contributed by atoms with Crippen molar-refractivity contribution in [1.82, 2.24) is 0 Å². The van der Waals surface area contributed by atoms with Gasteiger partial charge in [0.2, 0.25) is 0 Å². The van der Waals surface area contributed by atoms with Gasteiger partial charge in [0.1, 0.15) is 6.29 Å². The normalized spacial score (nSPS) is 11.4. The van der Waals surface area contributed by atoms with Crippen molar-refractivity contribution in [3.63, 3.8) is 0 Å². The zero-order chi connectivity index (χ0) is 13.1. The Morgan fingerprint density at radius 1 is 1.35 bits per heavy atom. The third kappa shape index (κ3) is 3.22. The molecule has 0 aliphatic heterocycles. The zero-order valence-electron chi connectivity index (χ0n) is 9.71. The molecule has 1 rings (SSSR count). The monoisotopic (exact) mass is 245 g/mol. The van der Waals surface area contributed by atoms with E-state index < -0.39 is 11.7 Å². The van der Waals surface area contributed by atoms with Crippen LogP contribution in [0.1, 0.15) is 29.3 Å². The number of hydrogen-bond donors (Lipinski definition) is 0. The highest BCUT2D eigenvalue weighted by Gasteiger charge is 2.34. The molecule has 0 unspecified atom stereocenters. The number of anilines is 1. The fourth-order valence-electron chi connectivity index (χ4n) is 1.64. The van der Waals surface area contributed by atoms with E-state index in [1.165, 1.54) is 17.0 Å². The van der Waals surface area contributed by atoms with E-state index >= 15 is 0 Å². The molecule has 0 saturated carbocycles. The van der Waals surface area contributed by atoms with E-state index in [-0.39, 0.29) is 11.3 Å². The average molecular weight is 245 g/mol. The number of halogens is 3. The average Bonchev–Trinajstić information content (AvgIpc) is 2.27. The maximum atomic E-state index is 12.8. The van der Waals surface area contributed by atoms with Crippen LogP contribution in [0, 0.1) is 0 Å². The van der Waals surface area contributed by atoms with Crippen LogP contribution in [0.2, 0.25) is 0 Å². The molecule has 17 heavy (non-hydrogen) atoms. The summed E-state index contributed by atoms with van der Waals surface area (Å²) in [6, 6.07) is 3.61. The Bertz CT molecular complexity index is 401. The molecule has 0 aliphatic carbocycles. The molecule has 0 aromatic heterocycles. The van der Waals surface area contributed by atoms with Crippen molar-refractivity contribution in [2.24, 2.45) is 0 Å². The highest BCUT2D eigenvalue weighted by molar-refractivity contribution is 5.77. The van der Waals surface area contributed by atoms with Gasteiger partial charge in [-0.2, -0.15) is 13.2 Å². The quantitative estimate of drug-likeness (QED) is 0.758. The smallest absolute Gasteiger partial charge is 0.374 e. The van der Waals surface area contributed by atoms with Gasteiger partial charge in [-0.25, -0.2) is 0 Å². The van der Waals surface area contributed by atoms with Gasteiger partial charge in [0, 0.05) is 24.8 Å². The maximum absolute atomic E-state index is 12.8. The predicted molar refractivity (Wildman–Crippen MR) is 60.4 cm³/mol. The van der Waals surface area contributed by atoms with Crippen LogP contribution in [0.3, 0.4) is 0 Å². The Labute approximate surface area is 98.0 Å². The van der Waals surface area contributed by atoms with Gasteiger partial charge < -0.3 is 4.90 Å². The van der Waals surface area contributed by atoms with Crippen molar-refractivity contribution in [3.05, 3.63) is 29.3 Å². The Balaban J connectivity index is 3.24. The number of rotatable bonds is 4. The fourth-order valence-corrected chi connectivity index (χ4v) is 1.64. The number of nitrogens with zero attached hydrogens (tertiary/aromatic N) is 1. The molecule has 1 aromatic carbocycles. The summed E-state index contributed by atoms with van der Waals surface area (Å²) in [5.41, 5.74) is -0.631. The van der Waals surface area contributed by atoms with E-state index in [1.807, 2.05) is 6.92 Å². The second kappa shape index (κ2) is 5.21. The third-order valence-electron chi connectivity index (χ3n) is 2.43. The molecular weight excluding hydrogens is 231 g/mol. The summed E-state index contributed by atoms with van der Waals surface area (Å²) in [7, 11) is 1.61. The van der Waals surface area contributed by atoms with Crippen molar-refractivity contribution < 1.29 is 18.0 Å². The molecule has 94 valence electrons. The third-order valence-corrected chi connectivity index (χ3v) is 2.43. The van der Waals surface area contributed by atoms with Crippen molar-refractivity contribution in [3.8, 4) is 0 Å². The SMILES string of the molecule is CCCN(C)c1ccc(C=O)cc1C(F)(F)F. The summed E-state index contributed by atoms with van der Waals surface area (Å²) in [6.07, 6.45) is -3.28. The molecule has 0 aliphatic rings. The first-order valence-corrected chi connectivity index (χ1v) is 5.27. The minimum absolute atomic E-state index is 0.0333. The van der Waals surface area contributed by atoms with E-state index in [0.29, 0.717) is 12.8 Å². The van der Waals surface area contributed by atoms with Crippen LogP contribution in [0.4, 0.5) is 18.9 Å². The molecule has 0 N–H and O–H groups in total. The summed E-state index contributed by atoms with van der Waals surface area (Å²) in [5.74, 6) is 0. The lowest BCUT2D eigenvalue weighted by Gasteiger charge is -2.23. The second-order valence-electron chi connectivity index (χ2n) is 3.81. The molecular formula is C12H14F3NO. The molecule has 0 bridgehead atoms.